The number of thiazole rings is 1. The zero-order valence-electron chi connectivity index (χ0n) is 17.7. The number of aryl methyl sites for hydroxylation is 3. The van der Waals surface area contributed by atoms with Crippen molar-refractivity contribution in [3.8, 4) is 10.6 Å². The SMILES string of the molecule is CCC(COC)n1c(C)nc2nc(-c3sc(N4CCOCC4)nc3C)c(C)nc21. The molecule has 0 aromatic carbocycles. The summed E-state index contributed by atoms with van der Waals surface area (Å²) in [5.74, 6) is 0.912. The van der Waals surface area contributed by atoms with E-state index in [-0.39, 0.29) is 6.04 Å². The van der Waals surface area contributed by atoms with Crippen molar-refractivity contribution >= 4 is 27.8 Å². The van der Waals surface area contributed by atoms with Gasteiger partial charge in [0.1, 0.15) is 11.5 Å². The number of hydrogen-bond acceptors (Lipinski definition) is 8. The van der Waals surface area contributed by atoms with E-state index in [1.54, 1.807) is 18.4 Å². The van der Waals surface area contributed by atoms with Gasteiger partial charge in [-0.15, -0.1) is 0 Å². The molecular formula is C20H28N6O2S. The number of ether oxygens (including phenoxy) is 2. The molecule has 3 aromatic rings. The van der Waals surface area contributed by atoms with E-state index in [0.717, 1.165) is 71.3 Å². The second kappa shape index (κ2) is 8.33. The Labute approximate surface area is 174 Å². The second-order valence-electron chi connectivity index (χ2n) is 7.36. The summed E-state index contributed by atoms with van der Waals surface area (Å²) in [5.41, 5.74) is 4.25. The van der Waals surface area contributed by atoms with Crippen molar-refractivity contribution in [3.63, 3.8) is 0 Å². The predicted octanol–water partition coefficient (Wildman–Crippen LogP) is 3.31. The number of rotatable bonds is 6. The number of morpholine rings is 1. The molecule has 3 aromatic heterocycles. The molecule has 0 spiro atoms. The lowest BCUT2D eigenvalue weighted by Gasteiger charge is -2.26. The van der Waals surface area contributed by atoms with E-state index in [1.807, 2.05) is 20.8 Å². The summed E-state index contributed by atoms with van der Waals surface area (Å²) >= 11 is 1.67. The molecular weight excluding hydrogens is 388 g/mol. The first-order valence-corrected chi connectivity index (χ1v) is 10.9. The Morgan fingerprint density at radius 2 is 1.83 bits per heavy atom. The second-order valence-corrected chi connectivity index (χ2v) is 8.34. The van der Waals surface area contributed by atoms with Crippen molar-refractivity contribution in [2.45, 2.75) is 40.2 Å². The molecule has 1 aliphatic heterocycles. The van der Waals surface area contributed by atoms with Crippen LogP contribution in [-0.4, -0.2) is 64.5 Å². The van der Waals surface area contributed by atoms with Gasteiger partial charge in [0, 0.05) is 20.2 Å². The fourth-order valence-electron chi connectivity index (χ4n) is 3.81. The lowest BCUT2D eigenvalue weighted by molar-refractivity contribution is 0.122. The first-order chi connectivity index (χ1) is 14.0. The third-order valence-electron chi connectivity index (χ3n) is 5.36. The lowest BCUT2D eigenvalue weighted by Crippen LogP contribution is -2.36. The van der Waals surface area contributed by atoms with E-state index < -0.39 is 0 Å². The van der Waals surface area contributed by atoms with Gasteiger partial charge in [-0.2, -0.15) is 0 Å². The van der Waals surface area contributed by atoms with Crippen LogP contribution in [-0.2, 0) is 9.47 Å². The van der Waals surface area contributed by atoms with Crippen molar-refractivity contribution in [2.75, 3.05) is 44.9 Å². The zero-order valence-corrected chi connectivity index (χ0v) is 18.5. The summed E-state index contributed by atoms with van der Waals surface area (Å²) in [6, 6.07) is 0.197. The first-order valence-electron chi connectivity index (χ1n) is 10.1. The van der Waals surface area contributed by atoms with Crippen LogP contribution in [0.25, 0.3) is 21.9 Å². The quantitative estimate of drug-likeness (QED) is 0.610. The van der Waals surface area contributed by atoms with Crippen LogP contribution in [0.3, 0.4) is 0 Å². The van der Waals surface area contributed by atoms with Gasteiger partial charge in [0.2, 0.25) is 0 Å². The minimum atomic E-state index is 0.197. The van der Waals surface area contributed by atoms with E-state index in [4.69, 9.17) is 29.4 Å². The third-order valence-corrected chi connectivity index (χ3v) is 6.58. The highest BCUT2D eigenvalue weighted by Crippen LogP contribution is 2.36. The van der Waals surface area contributed by atoms with Crippen molar-refractivity contribution in [2.24, 2.45) is 0 Å². The standard InChI is InChI=1S/C20H28N6O2S/c1-6-15(11-27-5)26-14(4)23-18-19(26)21-12(2)16(24-18)17-13(3)22-20(29-17)25-7-9-28-10-8-25/h15H,6-11H2,1-5H3. The maximum absolute atomic E-state index is 5.46. The summed E-state index contributed by atoms with van der Waals surface area (Å²) < 4.78 is 13.0. The van der Waals surface area contributed by atoms with Crippen LogP contribution in [0.15, 0.2) is 0 Å². The van der Waals surface area contributed by atoms with Gasteiger partial charge in [0.05, 0.1) is 42.1 Å². The summed E-state index contributed by atoms with van der Waals surface area (Å²) in [5, 5.41) is 1.02. The molecule has 1 saturated heterocycles. The predicted molar refractivity (Wildman–Crippen MR) is 115 cm³/mol. The fourth-order valence-corrected chi connectivity index (χ4v) is 4.97. The van der Waals surface area contributed by atoms with Crippen molar-refractivity contribution in [1.82, 2.24) is 24.5 Å². The van der Waals surface area contributed by atoms with Crippen LogP contribution in [0.4, 0.5) is 5.13 Å². The van der Waals surface area contributed by atoms with Gasteiger partial charge in [-0.3, -0.25) is 0 Å². The monoisotopic (exact) mass is 416 g/mol. The average molecular weight is 417 g/mol. The average Bonchev–Trinajstić information content (AvgIpc) is 3.25. The maximum Gasteiger partial charge on any atom is 0.198 e. The molecule has 1 unspecified atom stereocenters. The fraction of sp³-hybridized carbons (Fsp3) is 0.600. The van der Waals surface area contributed by atoms with Crippen molar-refractivity contribution in [3.05, 3.63) is 17.2 Å². The molecule has 0 amide bonds. The van der Waals surface area contributed by atoms with E-state index in [0.29, 0.717) is 12.3 Å². The third kappa shape index (κ3) is 3.74. The van der Waals surface area contributed by atoms with E-state index in [9.17, 15) is 0 Å². The molecule has 9 heteroatoms. The van der Waals surface area contributed by atoms with Crippen LogP contribution >= 0.6 is 11.3 Å². The Morgan fingerprint density at radius 1 is 1.07 bits per heavy atom. The van der Waals surface area contributed by atoms with Crippen molar-refractivity contribution < 1.29 is 9.47 Å². The molecule has 0 N–H and O–H groups in total. The smallest absolute Gasteiger partial charge is 0.198 e. The normalized spacial score (nSPS) is 16.0. The molecule has 8 nitrogen and oxygen atoms in total. The van der Waals surface area contributed by atoms with Gasteiger partial charge in [-0.05, 0) is 27.2 Å². The van der Waals surface area contributed by atoms with Gasteiger partial charge in [-0.1, -0.05) is 18.3 Å². The highest BCUT2D eigenvalue weighted by Gasteiger charge is 2.23. The number of imidazole rings is 1. The van der Waals surface area contributed by atoms with Gasteiger partial charge in [-0.25, -0.2) is 19.9 Å². The van der Waals surface area contributed by atoms with Crippen LogP contribution in [0.5, 0.6) is 0 Å². The van der Waals surface area contributed by atoms with Crippen LogP contribution in [0.2, 0.25) is 0 Å². The number of anilines is 1. The molecule has 0 radical (unpaired) electrons. The Hall–Kier alpha value is -2.10. The van der Waals surface area contributed by atoms with Gasteiger partial charge < -0.3 is 18.9 Å². The maximum atomic E-state index is 5.46. The molecule has 4 heterocycles. The number of methoxy groups -OCH3 is 1. The minimum absolute atomic E-state index is 0.197. The van der Waals surface area contributed by atoms with Crippen molar-refractivity contribution in [1.29, 1.82) is 0 Å². The highest BCUT2D eigenvalue weighted by atomic mass is 32.1. The Morgan fingerprint density at radius 3 is 2.52 bits per heavy atom. The molecule has 156 valence electrons. The summed E-state index contributed by atoms with van der Waals surface area (Å²) in [6.07, 6.45) is 0.944. The topological polar surface area (TPSA) is 78.2 Å². The molecule has 0 saturated carbocycles. The Kier molecular flexibility index (Phi) is 5.80. The minimum Gasteiger partial charge on any atom is -0.383 e. The number of nitrogens with zero attached hydrogens (tertiary/aromatic N) is 6. The first kappa shape index (κ1) is 20.2. The number of aromatic nitrogens is 5. The van der Waals surface area contributed by atoms with Crippen LogP contribution in [0, 0.1) is 20.8 Å². The van der Waals surface area contributed by atoms with Gasteiger partial charge in [0.15, 0.2) is 16.4 Å². The summed E-state index contributed by atoms with van der Waals surface area (Å²) in [4.78, 5) is 22.7. The van der Waals surface area contributed by atoms with Gasteiger partial charge in [0.25, 0.3) is 0 Å². The molecule has 29 heavy (non-hydrogen) atoms. The zero-order chi connectivity index (χ0) is 20.5. The largest absolute Gasteiger partial charge is 0.383 e. The summed E-state index contributed by atoms with van der Waals surface area (Å²) in [6.45, 7) is 12.1. The van der Waals surface area contributed by atoms with E-state index >= 15 is 0 Å². The van der Waals surface area contributed by atoms with Crippen LogP contribution in [0.1, 0.15) is 36.6 Å². The lowest BCUT2D eigenvalue weighted by atomic mass is 10.2. The van der Waals surface area contributed by atoms with E-state index in [1.165, 1.54) is 0 Å². The van der Waals surface area contributed by atoms with E-state index in [2.05, 4.69) is 16.4 Å². The van der Waals surface area contributed by atoms with Crippen LogP contribution < -0.4 is 4.90 Å². The highest BCUT2D eigenvalue weighted by molar-refractivity contribution is 7.19. The Bertz CT molecular complexity index is 1010. The Balaban J connectivity index is 1.76. The molecule has 1 atom stereocenters. The number of fused-ring (bicyclic) bond motifs is 1. The van der Waals surface area contributed by atoms with Gasteiger partial charge >= 0.3 is 0 Å². The summed E-state index contributed by atoms with van der Waals surface area (Å²) in [7, 11) is 1.73. The molecule has 4 rings (SSSR count). The number of hydrogen-bond donors (Lipinski definition) is 0. The molecule has 0 bridgehead atoms. The molecule has 1 aliphatic rings. The molecule has 1 fully saturated rings. The molecule has 0 aliphatic carbocycles.